The van der Waals surface area contributed by atoms with E-state index in [-0.39, 0.29) is 11.9 Å². The zero-order valence-corrected chi connectivity index (χ0v) is 12.9. The second-order valence-corrected chi connectivity index (χ2v) is 6.29. The van der Waals surface area contributed by atoms with Crippen LogP contribution in [0.25, 0.3) is 4.96 Å². The van der Waals surface area contributed by atoms with Crippen molar-refractivity contribution in [1.29, 1.82) is 0 Å². The van der Waals surface area contributed by atoms with Crippen LogP contribution in [0.4, 0.5) is 0 Å². The summed E-state index contributed by atoms with van der Waals surface area (Å²) in [6.07, 6.45) is 6.00. The van der Waals surface area contributed by atoms with Gasteiger partial charge < -0.3 is 9.42 Å². The van der Waals surface area contributed by atoms with Gasteiger partial charge in [-0.1, -0.05) is 5.16 Å². The highest BCUT2D eigenvalue weighted by molar-refractivity contribution is 7.15. The maximum atomic E-state index is 12.6. The summed E-state index contributed by atoms with van der Waals surface area (Å²) in [7, 11) is 0. The van der Waals surface area contributed by atoms with Crippen LogP contribution in [0.3, 0.4) is 0 Å². The molecule has 3 aromatic heterocycles. The largest absolute Gasteiger partial charge is 0.340 e. The van der Waals surface area contributed by atoms with Gasteiger partial charge in [-0.05, 0) is 12.8 Å². The van der Waals surface area contributed by atoms with Crippen LogP contribution in [-0.2, 0) is 11.2 Å². The van der Waals surface area contributed by atoms with Crippen molar-refractivity contribution in [3.05, 3.63) is 35.2 Å². The van der Waals surface area contributed by atoms with Crippen molar-refractivity contribution in [2.24, 2.45) is 0 Å². The van der Waals surface area contributed by atoms with E-state index in [1.165, 1.54) is 0 Å². The van der Waals surface area contributed by atoms with Gasteiger partial charge in [0.1, 0.15) is 0 Å². The molecule has 0 spiro atoms. The van der Waals surface area contributed by atoms with E-state index >= 15 is 0 Å². The third-order valence-corrected chi connectivity index (χ3v) is 4.66. The summed E-state index contributed by atoms with van der Waals surface area (Å²) in [5.74, 6) is 1.20. The predicted molar refractivity (Wildman–Crippen MR) is 79.5 cm³/mol. The molecule has 22 heavy (non-hydrogen) atoms. The lowest BCUT2D eigenvalue weighted by atomic mass is 10.2. The van der Waals surface area contributed by atoms with E-state index in [1.54, 1.807) is 18.3 Å². The number of fused-ring (bicyclic) bond motifs is 1. The molecular weight excluding hydrogens is 302 g/mol. The van der Waals surface area contributed by atoms with Crippen molar-refractivity contribution in [3.8, 4) is 0 Å². The molecule has 0 aromatic carbocycles. The first-order valence-corrected chi connectivity index (χ1v) is 8.09. The topological polar surface area (TPSA) is 76.5 Å². The number of hydrogen-bond acceptors (Lipinski definition) is 6. The fraction of sp³-hybridized carbons (Fsp3) is 0.429. The molecule has 0 saturated carbocycles. The molecule has 1 saturated heterocycles. The van der Waals surface area contributed by atoms with Gasteiger partial charge in [-0.15, -0.1) is 11.3 Å². The van der Waals surface area contributed by atoms with E-state index in [0.717, 1.165) is 30.0 Å². The van der Waals surface area contributed by atoms with Crippen LogP contribution >= 0.6 is 11.3 Å². The van der Waals surface area contributed by atoms with Crippen molar-refractivity contribution in [2.75, 3.05) is 6.54 Å². The average Bonchev–Trinajstić information content (AvgIpc) is 3.19. The SMILES string of the molecule is Cc1nc([C@@H]2CCCN2C(=O)Cc2cn3ccsc3n2)no1. The monoisotopic (exact) mass is 317 g/mol. The second-order valence-electron chi connectivity index (χ2n) is 5.42. The van der Waals surface area contributed by atoms with Gasteiger partial charge in [-0.3, -0.25) is 9.20 Å². The molecule has 0 bridgehead atoms. The standard InChI is InChI=1S/C14H15N5O2S/c1-9-15-13(17-21-9)11-3-2-4-19(11)12(20)7-10-8-18-5-6-22-14(18)16-10/h5-6,8,11H,2-4,7H2,1H3/t11-/m0/s1. The molecule has 1 amide bonds. The molecule has 8 heteroatoms. The molecule has 4 heterocycles. The maximum absolute atomic E-state index is 12.6. The normalized spacial score (nSPS) is 18.4. The van der Waals surface area contributed by atoms with E-state index in [4.69, 9.17) is 4.52 Å². The van der Waals surface area contributed by atoms with Crippen LogP contribution in [0.2, 0.25) is 0 Å². The lowest BCUT2D eigenvalue weighted by Gasteiger charge is -2.21. The number of rotatable bonds is 3. The minimum atomic E-state index is -0.0753. The van der Waals surface area contributed by atoms with Gasteiger partial charge in [0.25, 0.3) is 0 Å². The van der Waals surface area contributed by atoms with Gasteiger partial charge >= 0.3 is 0 Å². The number of carbonyl (C=O) groups is 1. The maximum Gasteiger partial charge on any atom is 0.229 e. The fourth-order valence-corrected chi connectivity index (χ4v) is 3.62. The molecule has 0 N–H and O–H groups in total. The second kappa shape index (κ2) is 5.20. The number of aromatic nitrogens is 4. The van der Waals surface area contributed by atoms with Crippen molar-refractivity contribution in [3.63, 3.8) is 0 Å². The number of carbonyl (C=O) groups excluding carboxylic acids is 1. The molecule has 4 rings (SSSR count). The van der Waals surface area contributed by atoms with Crippen LogP contribution < -0.4 is 0 Å². The lowest BCUT2D eigenvalue weighted by Crippen LogP contribution is -2.32. The van der Waals surface area contributed by atoms with Crippen molar-refractivity contribution in [2.45, 2.75) is 32.2 Å². The molecule has 0 unspecified atom stereocenters. The molecule has 1 fully saturated rings. The van der Waals surface area contributed by atoms with Gasteiger partial charge in [0.15, 0.2) is 10.8 Å². The number of nitrogens with zero attached hydrogens (tertiary/aromatic N) is 5. The van der Waals surface area contributed by atoms with E-state index in [1.807, 2.05) is 27.1 Å². The molecule has 114 valence electrons. The lowest BCUT2D eigenvalue weighted by molar-refractivity contribution is -0.131. The van der Waals surface area contributed by atoms with Crippen molar-refractivity contribution < 1.29 is 9.32 Å². The minimum Gasteiger partial charge on any atom is -0.340 e. The summed E-state index contributed by atoms with van der Waals surface area (Å²) >= 11 is 1.56. The Morgan fingerprint density at radius 2 is 2.41 bits per heavy atom. The van der Waals surface area contributed by atoms with Gasteiger partial charge in [0.05, 0.1) is 18.2 Å². The Hall–Kier alpha value is -2.22. The molecule has 3 aromatic rings. The van der Waals surface area contributed by atoms with Crippen molar-refractivity contribution >= 4 is 22.2 Å². The van der Waals surface area contributed by atoms with Gasteiger partial charge in [0, 0.05) is 31.2 Å². The highest BCUT2D eigenvalue weighted by Gasteiger charge is 2.33. The third-order valence-electron chi connectivity index (χ3n) is 3.89. The minimum absolute atomic E-state index is 0.0655. The summed E-state index contributed by atoms with van der Waals surface area (Å²) in [5.41, 5.74) is 0.798. The van der Waals surface area contributed by atoms with Crippen LogP contribution in [0.5, 0.6) is 0 Å². The van der Waals surface area contributed by atoms with Gasteiger partial charge in [-0.25, -0.2) is 4.98 Å². The Labute approximate surface area is 130 Å². The highest BCUT2D eigenvalue weighted by atomic mass is 32.1. The fourth-order valence-electron chi connectivity index (χ4n) is 2.90. The summed E-state index contributed by atoms with van der Waals surface area (Å²) in [4.78, 5) is 24.1. The Bertz CT molecular complexity index is 792. The van der Waals surface area contributed by atoms with Crippen LogP contribution in [0.15, 0.2) is 22.3 Å². The van der Waals surface area contributed by atoms with Crippen LogP contribution in [0.1, 0.15) is 36.3 Å². The molecule has 1 atom stereocenters. The molecule has 0 radical (unpaired) electrons. The Morgan fingerprint density at radius 3 is 3.18 bits per heavy atom. The quantitative estimate of drug-likeness (QED) is 0.738. The summed E-state index contributed by atoms with van der Waals surface area (Å²) in [5, 5.41) is 5.94. The first kappa shape index (κ1) is 13.4. The number of amides is 1. The van der Waals surface area contributed by atoms with E-state index < -0.39 is 0 Å². The molecule has 1 aliphatic rings. The highest BCUT2D eigenvalue weighted by Crippen LogP contribution is 2.30. The molecule has 1 aliphatic heterocycles. The summed E-state index contributed by atoms with van der Waals surface area (Å²) < 4.78 is 6.98. The molecule has 7 nitrogen and oxygen atoms in total. The zero-order valence-electron chi connectivity index (χ0n) is 12.1. The Kier molecular flexibility index (Phi) is 3.18. The number of hydrogen-bond donors (Lipinski definition) is 0. The Balaban J connectivity index is 1.52. The molecule has 0 aliphatic carbocycles. The average molecular weight is 317 g/mol. The smallest absolute Gasteiger partial charge is 0.229 e. The number of imidazole rings is 1. The first-order chi connectivity index (χ1) is 10.7. The van der Waals surface area contributed by atoms with E-state index in [0.29, 0.717) is 18.1 Å². The number of aryl methyl sites for hydroxylation is 1. The zero-order chi connectivity index (χ0) is 15.1. The summed E-state index contributed by atoms with van der Waals surface area (Å²) in [6.45, 7) is 2.49. The number of thiazole rings is 1. The van der Waals surface area contributed by atoms with E-state index in [9.17, 15) is 4.79 Å². The summed E-state index contributed by atoms with van der Waals surface area (Å²) in [6, 6.07) is -0.0753. The van der Waals surface area contributed by atoms with E-state index in [2.05, 4.69) is 15.1 Å². The van der Waals surface area contributed by atoms with Gasteiger partial charge in [0.2, 0.25) is 11.8 Å². The van der Waals surface area contributed by atoms with Crippen LogP contribution in [-0.4, -0.2) is 36.9 Å². The van der Waals surface area contributed by atoms with Gasteiger partial charge in [-0.2, -0.15) is 4.98 Å². The predicted octanol–water partition coefficient (Wildman–Crippen LogP) is 1.99. The number of likely N-dealkylation sites (tertiary alicyclic amines) is 1. The third kappa shape index (κ3) is 2.29. The van der Waals surface area contributed by atoms with Crippen molar-refractivity contribution in [1.82, 2.24) is 24.4 Å². The first-order valence-electron chi connectivity index (χ1n) is 7.21. The Morgan fingerprint density at radius 1 is 1.50 bits per heavy atom. The molecular formula is C14H15N5O2S. The van der Waals surface area contributed by atoms with Crippen LogP contribution in [0, 0.1) is 6.92 Å².